The minimum atomic E-state index is 0.0392. The Morgan fingerprint density at radius 2 is 1.85 bits per heavy atom. The van der Waals surface area contributed by atoms with Gasteiger partial charge in [0.25, 0.3) is 0 Å². The zero-order valence-corrected chi connectivity index (χ0v) is 13.0. The van der Waals surface area contributed by atoms with Gasteiger partial charge in [0.15, 0.2) is 0 Å². The van der Waals surface area contributed by atoms with E-state index >= 15 is 0 Å². The molecule has 0 amide bonds. The lowest BCUT2D eigenvalue weighted by Gasteiger charge is -2.38. The van der Waals surface area contributed by atoms with E-state index in [2.05, 4.69) is 37.8 Å². The lowest BCUT2D eigenvalue weighted by molar-refractivity contribution is 0.101. The fourth-order valence-electron chi connectivity index (χ4n) is 2.54. The van der Waals surface area contributed by atoms with E-state index in [0.29, 0.717) is 12.6 Å². The summed E-state index contributed by atoms with van der Waals surface area (Å²) in [6, 6.07) is 8.52. The number of aliphatic hydroxyl groups is 1. The molecule has 0 fully saturated rings. The minimum Gasteiger partial charge on any atom is -0.497 e. The predicted octanol–water partition coefficient (Wildman–Crippen LogP) is 2.18. The molecular formula is C16H28N2O2. The molecule has 1 aromatic carbocycles. The molecule has 20 heavy (non-hydrogen) atoms. The monoisotopic (exact) mass is 280 g/mol. The molecule has 2 unspecified atom stereocenters. The Balaban J connectivity index is 3.08. The van der Waals surface area contributed by atoms with Crippen LogP contribution in [0.1, 0.15) is 38.8 Å². The first-order valence-electron chi connectivity index (χ1n) is 7.31. The van der Waals surface area contributed by atoms with Crippen molar-refractivity contribution in [2.75, 3.05) is 20.3 Å². The summed E-state index contributed by atoms with van der Waals surface area (Å²) < 4.78 is 5.21. The van der Waals surface area contributed by atoms with Crippen LogP contribution in [0.3, 0.4) is 0 Å². The van der Waals surface area contributed by atoms with Gasteiger partial charge in [-0.25, -0.2) is 0 Å². The number of hydrogen-bond acceptors (Lipinski definition) is 4. The summed E-state index contributed by atoms with van der Waals surface area (Å²) >= 11 is 0. The Labute approximate surface area is 122 Å². The number of benzene rings is 1. The van der Waals surface area contributed by atoms with Gasteiger partial charge < -0.3 is 15.6 Å². The number of hydrogen-bond donors (Lipinski definition) is 2. The van der Waals surface area contributed by atoms with E-state index in [1.54, 1.807) is 7.11 Å². The molecule has 0 aromatic heterocycles. The molecule has 0 saturated heterocycles. The van der Waals surface area contributed by atoms with Crippen molar-refractivity contribution in [3.05, 3.63) is 29.8 Å². The fourth-order valence-corrected chi connectivity index (χ4v) is 2.54. The molecule has 4 heteroatoms. The van der Waals surface area contributed by atoms with Gasteiger partial charge >= 0.3 is 0 Å². The molecule has 0 saturated carbocycles. The second kappa shape index (κ2) is 8.25. The van der Waals surface area contributed by atoms with Gasteiger partial charge in [-0.2, -0.15) is 0 Å². The van der Waals surface area contributed by atoms with Crippen LogP contribution in [0.4, 0.5) is 0 Å². The molecule has 0 aliphatic carbocycles. The van der Waals surface area contributed by atoms with Crippen LogP contribution in [0, 0.1) is 0 Å². The van der Waals surface area contributed by atoms with Crippen LogP contribution in [0.2, 0.25) is 0 Å². The molecule has 1 rings (SSSR count). The average Bonchev–Trinajstić information content (AvgIpc) is 2.46. The maximum atomic E-state index is 9.32. The molecule has 114 valence electrons. The first-order valence-corrected chi connectivity index (χ1v) is 7.31. The molecule has 2 atom stereocenters. The van der Waals surface area contributed by atoms with Crippen LogP contribution in [0.5, 0.6) is 5.75 Å². The lowest BCUT2D eigenvalue weighted by Crippen LogP contribution is -2.45. The van der Waals surface area contributed by atoms with Gasteiger partial charge in [-0.3, -0.25) is 4.90 Å². The number of aliphatic hydroxyl groups excluding tert-OH is 1. The van der Waals surface area contributed by atoms with Crippen LogP contribution >= 0.6 is 0 Å². The second-order valence-corrected chi connectivity index (χ2v) is 5.35. The molecule has 0 bridgehead atoms. The molecule has 1 aromatic rings. The Kier molecular flexibility index (Phi) is 6.99. The van der Waals surface area contributed by atoms with Crippen molar-refractivity contribution in [3.8, 4) is 5.75 Å². The molecule has 4 nitrogen and oxygen atoms in total. The molecule has 0 spiro atoms. The van der Waals surface area contributed by atoms with Crippen LogP contribution in [0.25, 0.3) is 0 Å². The number of methoxy groups -OCH3 is 1. The van der Waals surface area contributed by atoms with E-state index in [9.17, 15) is 5.11 Å². The maximum absolute atomic E-state index is 9.32. The largest absolute Gasteiger partial charge is 0.497 e. The summed E-state index contributed by atoms with van der Waals surface area (Å²) in [5, 5.41) is 9.32. The van der Waals surface area contributed by atoms with E-state index < -0.39 is 0 Å². The highest BCUT2D eigenvalue weighted by Crippen LogP contribution is 2.28. The molecule has 0 radical (unpaired) electrons. The predicted molar refractivity (Wildman–Crippen MR) is 82.9 cm³/mol. The normalized spacial score (nSPS) is 14.6. The van der Waals surface area contributed by atoms with E-state index in [1.165, 1.54) is 5.56 Å². The molecule has 0 aliphatic rings. The standard InChI is InChI=1S/C16H28N2O2/c1-5-15(17)16(18(10-11-19)12(2)3)13-6-8-14(20-4)9-7-13/h6-9,12,15-16,19H,5,10-11,17H2,1-4H3. The zero-order chi connectivity index (χ0) is 15.1. The van der Waals surface area contributed by atoms with Gasteiger partial charge in [-0.05, 0) is 38.0 Å². The van der Waals surface area contributed by atoms with Crippen molar-refractivity contribution in [1.29, 1.82) is 0 Å². The maximum Gasteiger partial charge on any atom is 0.118 e. The highest BCUT2D eigenvalue weighted by Gasteiger charge is 2.27. The van der Waals surface area contributed by atoms with Crippen molar-refractivity contribution in [2.45, 2.75) is 45.3 Å². The molecular weight excluding hydrogens is 252 g/mol. The summed E-state index contributed by atoms with van der Waals surface area (Å²) in [6.07, 6.45) is 0.894. The lowest BCUT2D eigenvalue weighted by atomic mass is 9.95. The highest BCUT2D eigenvalue weighted by atomic mass is 16.5. The van der Waals surface area contributed by atoms with Gasteiger partial charge in [-0.1, -0.05) is 19.1 Å². The Hall–Kier alpha value is -1.10. The Bertz CT molecular complexity index is 379. The number of nitrogens with two attached hydrogens (primary N) is 1. The highest BCUT2D eigenvalue weighted by molar-refractivity contribution is 5.30. The topological polar surface area (TPSA) is 58.7 Å². The third-order valence-corrected chi connectivity index (χ3v) is 3.71. The first kappa shape index (κ1) is 17.0. The van der Waals surface area contributed by atoms with Gasteiger partial charge in [0.05, 0.1) is 19.8 Å². The summed E-state index contributed by atoms with van der Waals surface area (Å²) in [5.74, 6) is 0.843. The van der Waals surface area contributed by atoms with Crippen molar-refractivity contribution in [1.82, 2.24) is 4.90 Å². The van der Waals surface area contributed by atoms with E-state index in [4.69, 9.17) is 10.5 Å². The van der Waals surface area contributed by atoms with Gasteiger partial charge in [-0.15, -0.1) is 0 Å². The summed E-state index contributed by atoms with van der Waals surface area (Å²) in [5.41, 5.74) is 7.50. The summed E-state index contributed by atoms with van der Waals surface area (Å²) in [4.78, 5) is 2.26. The van der Waals surface area contributed by atoms with Gasteiger partial charge in [0, 0.05) is 18.6 Å². The van der Waals surface area contributed by atoms with Crippen LogP contribution in [-0.4, -0.2) is 42.4 Å². The van der Waals surface area contributed by atoms with Crippen LogP contribution < -0.4 is 10.5 Å². The van der Waals surface area contributed by atoms with E-state index in [-0.39, 0.29) is 18.7 Å². The van der Waals surface area contributed by atoms with E-state index in [1.807, 2.05) is 12.1 Å². The van der Waals surface area contributed by atoms with Gasteiger partial charge in [0.2, 0.25) is 0 Å². The van der Waals surface area contributed by atoms with E-state index in [0.717, 1.165) is 12.2 Å². The van der Waals surface area contributed by atoms with Crippen LogP contribution in [0.15, 0.2) is 24.3 Å². The van der Waals surface area contributed by atoms with Crippen molar-refractivity contribution in [3.63, 3.8) is 0 Å². The Morgan fingerprint density at radius 1 is 1.25 bits per heavy atom. The zero-order valence-electron chi connectivity index (χ0n) is 13.0. The quantitative estimate of drug-likeness (QED) is 0.766. The van der Waals surface area contributed by atoms with Crippen LogP contribution in [-0.2, 0) is 0 Å². The summed E-state index contributed by atoms with van der Waals surface area (Å²) in [6.45, 7) is 7.13. The van der Waals surface area contributed by atoms with Gasteiger partial charge in [0.1, 0.15) is 5.75 Å². The average molecular weight is 280 g/mol. The number of ether oxygens (including phenoxy) is 1. The third-order valence-electron chi connectivity index (χ3n) is 3.71. The Morgan fingerprint density at radius 3 is 2.25 bits per heavy atom. The SMILES string of the molecule is CCC(N)C(c1ccc(OC)cc1)N(CCO)C(C)C. The molecule has 0 aliphatic heterocycles. The van der Waals surface area contributed by atoms with Crippen molar-refractivity contribution in [2.24, 2.45) is 5.73 Å². The van der Waals surface area contributed by atoms with Crippen molar-refractivity contribution < 1.29 is 9.84 Å². The number of nitrogens with zero attached hydrogens (tertiary/aromatic N) is 1. The fraction of sp³-hybridized carbons (Fsp3) is 0.625. The number of rotatable bonds is 8. The molecule has 3 N–H and O–H groups in total. The van der Waals surface area contributed by atoms with Crippen molar-refractivity contribution >= 4 is 0 Å². The smallest absolute Gasteiger partial charge is 0.118 e. The minimum absolute atomic E-state index is 0.0392. The molecule has 0 heterocycles. The summed E-state index contributed by atoms with van der Waals surface area (Å²) in [7, 11) is 1.66. The third kappa shape index (κ3) is 4.20. The second-order valence-electron chi connectivity index (χ2n) is 5.35. The first-order chi connectivity index (χ1) is 9.54.